The number of benzene rings is 2. The summed E-state index contributed by atoms with van der Waals surface area (Å²) in [5, 5.41) is 3.61. The van der Waals surface area contributed by atoms with E-state index in [1.807, 2.05) is 24.3 Å². The predicted octanol–water partition coefficient (Wildman–Crippen LogP) is 3.60. The fourth-order valence-electron chi connectivity index (χ4n) is 2.44. The first-order chi connectivity index (χ1) is 11.7. The summed E-state index contributed by atoms with van der Waals surface area (Å²) in [4.78, 5) is 4.35. The van der Waals surface area contributed by atoms with Gasteiger partial charge in [-0.1, -0.05) is 30.7 Å². The second-order valence-corrected chi connectivity index (χ2v) is 5.89. The Bertz CT molecular complexity index is 745. The van der Waals surface area contributed by atoms with E-state index in [-0.39, 0.29) is 0 Å². The van der Waals surface area contributed by atoms with Crippen molar-refractivity contribution in [2.24, 2.45) is 10.7 Å². The molecule has 1 aliphatic rings. The van der Waals surface area contributed by atoms with E-state index in [1.165, 1.54) is 5.56 Å². The summed E-state index contributed by atoms with van der Waals surface area (Å²) >= 11 is 6.22. The molecule has 0 bridgehead atoms. The first-order valence-electron chi connectivity index (χ1n) is 7.89. The van der Waals surface area contributed by atoms with Crippen molar-refractivity contribution in [3.8, 4) is 11.5 Å². The first-order valence-corrected chi connectivity index (χ1v) is 8.27. The van der Waals surface area contributed by atoms with Gasteiger partial charge in [-0.05, 0) is 41.8 Å². The lowest BCUT2D eigenvalue weighted by molar-refractivity contribution is 0.171. The van der Waals surface area contributed by atoms with E-state index in [1.54, 1.807) is 0 Å². The summed E-state index contributed by atoms with van der Waals surface area (Å²) in [5.74, 6) is 1.60. The molecule has 0 aliphatic carbocycles. The Labute approximate surface area is 146 Å². The highest BCUT2D eigenvalue weighted by atomic mass is 35.5. The van der Waals surface area contributed by atoms with Gasteiger partial charge in [-0.15, -0.1) is 0 Å². The number of rotatable bonds is 4. The Kier molecular flexibility index (Phi) is 5.11. The van der Waals surface area contributed by atoms with Crippen LogP contribution in [0.15, 0.2) is 41.4 Å². The number of nitrogens with one attached hydrogen (secondary N) is 1. The summed E-state index contributed by atoms with van der Waals surface area (Å²) in [6.45, 7) is 3.56. The zero-order valence-corrected chi connectivity index (χ0v) is 14.3. The largest absolute Gasteiger partial charge is 0.486 e. The number of guanidine groups is 1. The molecule has 0 saturated heterocycles. The maximum atomic E-state index is 6.22. The molecule has 0 fully saturated rings. The number of hydrogen-bond donors (Lipinski definition) is 2. The number of halogens is 1. The van der Waals surface area contributed by atoms with Crippen LogP contribution in [-0.4, -0.2) is 19.2 Å². The molecule has 1 aliphatic heterocycles. The normalized spacial score (nSPS) is 13.7. The lowest BCUT2D eigenvalue weighted by Crippen LogP contribution is -2.22. The molecule has 0 aromatic heterocycles. The van der Waals surface area contributed by atoms with Crippen LogP contribution in [0.25, 0.3) is 0 Å². The number of aliphatic imine (C=N–C) groups is 1. The minimum absolute atomic E-state index is 0.352. The third-order valence-corrected chi connectivity index (χ3v) is 4.00. The molecule has 24 heavy (non-hydrogen) atoms. The molecule has 1 heterocycles. The van der Waals surface area contributed by atoms with E-state index in [4.69, 9.17) is 26.8 Å². The van der Waals surface area contributed by atoms with Crippen LogP contribution < -0.4 is 20.5 Å². The van der Waals surface area contributed by atoms with Gasteiger partial charge in [-0.25, -0.2) is 4.99 Å². The third kappa shape index (κ3) is 3.92. The van der Waals surface area contributed by atoms with Crippen molar-refractivity contribution >= 4 is 23.2 Å². The topological polar surface area (TPSA) is 68.9 Å². The number of nitrogens with two attached hydrogens (primary N) is 1. The van der Waals surface area contributed by atoms with Crippen LogP contribution in [0.5, 0.6) is 11.5 Å². The predicted molar refractivity (Wildman–Crippen MR) is 97.2 cm³/mol. The monoisotopic (exact) mass is 345 g/mol. The maximum absolute atomic E-state index is 6.22. The van der Waals surface area contributed by atoms with Gasteiger partial charge in [0, 0.05) is 5.69 Å². The van der Waals surface area contributed by atoms with Gasteiger partial charge < -0.3 is 20.5 Å². The second-order valence-electron chi connectivity index (χ2n) is 5.48. The number of anilines is 1. The van der Waals surface area contributed by atoms with Crippen molar-refractivity contribution in [3.63, 3.8) is 0 Å². The quantitative estimate of drug-likeness (QED) is 0.656. The molecule has 3 rings (SSSR count). The van der Waals surface area contributed by atoms with Gasteiger partial charge in [0.05, 0.1) is 11.6 Å². The Balaban J connectivity index is 1.67. The summed E-state index contributed by atoms with van der Waals surface area (Å²) in [5.41, 5.74) is 9.05. The van der Waals surface area contributed by atoms with E-state index in [9.17, 15) is 0 Å². The zero-order chi connectivity index (χ0) is 16.9. The van der Waals surface area contributed by atoms with E-state index in [0.717, 1.165) is 17.7 Å². The minimum atomic E-state index is 0.352. The molecule has 0 amide bonds. The molecular formula is C18H20ClN3O2. The minimum Gasteiger partial charge on any atom is -0.486 e. The molecule has 0 radical (unpaired) electrons. The number of ether oxygens (including phenoxy) is 2. The molecule has 0 atom stereocenters. The smallest absolute Gasteiger partial charge is 0.193 e. The molecule has 5 nitrogen and oxygen atoms in total. The van der Waals surface area contributed by atoms with Gasteiger partial charge in [0.2, 0.25) is 0 Å². The highest BCUT2D eigenvalue weighted by Crippen LogP contribution is 2.38. The summed E-state index contributed by atoms with van der Waals surface area (Å²) in [6, 6.07) is 11.8. The Morgan fingerprint density at radius 2 is 1.92 bits per heavy atom. The van der Waals surface area contributed by atoms with Crippen molar-refractivity contribution in [3.05, 3.63) is 52.5 Å². The lowest BCUT2D eigenvalue weighted by atomic mass is 10.1. The van der Waals surface area contributed by atoms with Crippen molar-refractivity contribution in [1.29, 1.82) is 0 Å². The molecular weight excluding hydrogens is 326 g/mol. The van der Waals surface area contributed by atoms with E-state index >= 15 is 0 Å². The fraction of sp³-hybridized carbons (Fsp3) is 0.278. The lowest BCUT2D eigenvalue weighted by Gasteiger charge is -2.20. The summed E-state index contributed by atoms with van der Waals surface area (Å²) < 4.78 is 11.1. The second kappa shape index (κ2) is 7.45. The average molecular weight is 346 g/mol. The summed E-state index contributed by atoms with van der Waals surface area (Å²) in [7, 11) is 0. The SMILES string of the molecule is CCc1ccc(NC(N)=NCc2cc(Cl)c3c(c2)OCCO3)cc1. The molecule has 0 saturated carbocycles. The number of hydrogen-bond acceptors (Lipinski definition) is 3. The van der Waals surface area contributed by atoms with E-state index < -0.39 is 0 Å². The third-order valence-electron chi connectivity index (χ3n) is 3.72. The molecule has 6 heteroatoms. The highest BCUT2D eigenvalue weighted by molar-refractivity contribution is 6.32. The van der Waals surface area contributed by atoms with Gasteiger partial charge >= 0.3 is 0 Å². The van der Waals surface area contributed by atoms with Crippen molar-refractivity contribution < 1.29 is 9.47 Å². The number of fused-ring (bicyclic) bond motifs is 1. The van der Waals surface area contributed by atoms with Crippen LogP contribution in [0.2, 0.25) is 5.02 Å². The Hall–Kier alpha value is -2.40. The van der Waals surface area contributed by atoms with Crippen LogP contribution in [0.3, 0.4) is 0 Å². The molecule has 2 aromatic carbocycles. The van der Waals surface area contributed by atoms with Crippen molar-refractivity contribution in [2.45, 2.75) is 19.9 Å². The standard InChI is InChI=1S/C18H20ClN3O2/c1-2-12-3-5-14(6-4-12)22-18(20)21-11-13-9-15(19)17-16(10-13)23-7-8-24-17/h3-6,9-10H,2,7-8,11H2,1H3,(H3,20,21,22). The van der Waals surface area contributed by atoms with Gasteiger partial charge in [0.1, 0.15) is 13.2 Å². The molecule has 0 unspecified atom stereocenters. The molecule has 0 spiro atoms. The van der Waals surface area contributed by atoms with Gasteiger partial charge in [-0.2, -0.15) is 0 Å². The Morgan fingerprint density at radius 3 is 2.67 bits per heavy atom. The van der Waals surface area contributed by atoms with Crippen LogP contribution in [0, 0.1) is 0 Å². The first kappa shape index (κ1) is 16.5. The van der Waals surface area contributed by atoms with Crippen molar-refractivity contribution in [2.75, 3.05) is 18.5 Å². The number of aryl methyl sites for hydroxylation is 1. The maximum Gasteiger partial charge on any atom is 0.193 e. The number of nitrogens with zero attached hydrogens (tertiary/aromatic N) is 1. The van der Waals surface area contributed by atoms with Gasteiger partial charge in [0.25, 0.3) is 0 Å². The van der Waals surface area contributed by atoms with Crippen LogP contribution in [0.4, 0.5) is 5.69 Å². The molecule has 3 N–H and O–H groups in total. The zero-order valence-electron chi connectivity index (χ0n) is 13.5. The van der Waals surface area contributed by atoms with Crippen LogP contribution in [0.1, 0.15) is 18.1 Å². The van der Waals surface area contributed by atoms with Gasteiger partial charge in [0.15, 0.2) is 17.5 Å². The molecule has 126 valence electrons. The summed E-state index contributed by atoms with van der Waals surface area (Å²) in [6.07, 6.45) is 1.01. The van der Waals surface area contributed by atoms with E-state index in [2.05, 4.69) is 29.4 Å². The van der Waals surface area contributed by atoms with E-state index in [0.29, 0.717) is 42.2 Å². The highest BCUT2D eigenvalue weighted by Gasteiger charge is 2.16. The van der Waals surface area contributed by atoms with Crippen LogP contribution in [-0.2, 0) is 13.0 Å². The average Bonchev–Trinajstić information content (AvgIpc) is 2.61. The Morgan fingerprint density at radius 1 is 1.17 bits per heavy atom. The van der Waals surface area contributed by atoms with Gasteiger partial charge in [-0.3, -0.25) is 0 Å². The molecule has 2 aromatic rings. The van der Waals surface area contributed by atoms with Crippen molar-refractivity contribution in [1.82, 2.24) is 0 Å². The van der Waals surface area contributed by atoms with Crippen LogP contribution >= 0.6 is 11.6 Å². The fourth-order valence-corrected chi connectivity index (χ4v) is 2.73.